The van der Waals surface area contributed by atoms with Gasteiger partial charge in [0.25, 0.3) is 0 Å². The number of H-pyrrole nitrogens is 1. The van der Waals surface area contributed by atoms with Crippen LogP contribution in [0.4, 0.5) is 11.4 Å². The number of aromatic nitrogens is 6. The van der Waals surface area contributed by atoms with Gasteiger partial charge in [-0.05, 0) is 86.3 Å². The smallest absolute Gasteiger partial charge is 0.348 e. The maximum absolute atomic E-state index is 13.2. The van der Waals surface area contributed by atoms with Gasteiger partial charge in [0, 0.05) is 33.6 Å². The van der Waals surface area contributed by atoms with E-state index in [-0.39, 0.29) is 17.8 Å². The van der Waals surface area contributed by atoms with Gasteiger partial charge in [-0.3, -0.25) is 14.6 Å². The van der Waals surface area contributed by atoms with Gasteiger partial charge in [0.05, 0.1) is 41.1 Å². The van der Waals surface area contributed by atoms with Crippen LogP contribution in [0.2, 0.25) is 10.0 Å². The molecule has 0 bridgehead atoms. The van der Waals surface area contributed by atoms with Crippen LogP contribution in [-0.2, 0) is 33.5 Å². The Kier molecular flexibility index (Phi) is 12.0. The summed E-state index contributed by atoms with van der Waals surface area (Å²) in [5.74, 6) is 1.66. The molecule has 2 aliphatic rings. The molecular formula is C53H44Cl2N8O4. The molecule has 10 rings (SSSR count). The van der Waals surface area contributed by atoms with Crippen molar-refractivity contribution in [1.29, 1.82) is 0 Å². The SMILES string of the molecule is CC1(C)C(=O)N(Cc2ccc(Cl)c(-c3nc(-c4ccccc4)nc(=O)[nH]3)c2)c2ccccc21.COc1nc(-c2ccccc2)nc(-c2cc(CN3C(=O)C(C)(C)c4ccccc43)ccc2Cl)n1. The van der Waals surface area contributed by atoms with Gasteiger partial charge in [0.1, 0.15) is 5.82 Å². The summed E-state index contributed by atoms with van der Waals surface area (Å²) in [4.78, 5) is 67.1. The Hall–Kier alpha value is -7.54. The van der Waals surface area contributed by atoms with Crippen LogP contribution in [-0.4, -0.2) is 48.8 Å². The van der Waals surface area contributed by atoms with Gasteiger partial charge in [-0.25, -0.2) is 14.8 Å². The summed E-state index contributed by atoms with van der Waals surface area (Å²) in [6, 6.07) is 46.0. The number of methoxy groups -OCH3 is 1. The molecule has 334 valence electrons. The normalized spacial score (nSPS) is 14.3. The molecule has 0 saturated carbocycles. The molecule has 0 fully saturated rings. The summed E-state index contributed by atoms with van der Waals surface area (Å²) in [5, 5.41) is 0.949. The summed E-state index contributed by atoms with van der Waals surface area (Å²) in [6.45, 7) is 8.60. The van der Waals surface area contributed by atoms with Crippen molar-refractivity contribution < 1.29 is 14.3 Å². The summed E-state index contributed by atoms with van der Waals surface area (Å²) in [5.41, 5.74) is 6.81. The number of fused-ring (bicyclic) bond motifs is 2. The lowest BCUT2D eigenvalue weighted by molar-refractivity contribution is -0.122. The third kappa shape index (κ3) is 8.69. The number of carbonyl (C=O) groups excluding carboxylic acids is 2. The molecule has 14 heteroatoms. The molecule has 6 aromatic carbocycles. The highest BCUT2D eigenvalue weighted by atomic mass is 35.5. The van der Waals surface area contributed by atoms with Crippen LogP contribution in [0.5, 0.6) is 6.01 Å². The fraction of sp³-hybridized carbons (Fsp3) is 0.170. The number of rotatable bonds is 9. The molecular weight excluding hydrogens is 884 g/mol. The van der Waals surface area contributed by atoms with Crippen molar-refractivity contribution in [3.8, 4) is 51.6 Å². The Morgan fingerprint density at radius 2 is 0.970 bits per heavy atom. The van der Waals surface area contributed by atoms with Gasteiger partial charge in [-0.1, -0.05) is 132 Å². The molecule has 0 unspecified atom stereocenters. The number of hydrogen-bond donors (Lipinski definition) is 1. The first-order valence-electron chi connectivity index (χ1n) is 21.5. The molecule has 0 aliphatic carbocycles. The van der Waals surface area contributed by atoms with Crippen molar-refractivity contribution in [2.75, 3.05) is 16.9 Å². The summed E-state index contributed by atoms with van der Waals surface area (Å²) in [7, 11) is 1.52. The molecule has 12 nitrogen and oxygen atoms in total. The molecule has 2 aliphatic heterocycles. The average molecular weight is 928 g/mol. The molecule has 0 radical (unpaired) electrons. The van der Waals surface area contributed by atoms with E-state index in [4.69, 9.17) is 27.9 Å². The number of amides is 2. The summed E-state index contributed by atoms with van der Waals surface area (Å²) in [6.07, 6.45) is 0. The fourth-order valence-electron chi connectivity index (χ4n) is 8.49. The number of ether oxygens (including phenoxy) is 1. The third-order valence-electron chi connectivity index (χ3n) is 12.0. The highest BCUT2D eigenvalue weighted by Crippen LogP contribution is 2.44. The maximum atomic E-state index is 13.2. The number of benzene rings is 6. The summed E-state index contributed by atoms with van der Waals surface area (Å²) >= 11 is 13.1. The molecule has 0 saturated heterocycles. The van der Waals surface area contributed by atoms with Crippen molar-refractivity contribution >= 4 is 46.4 Å². The first kappa shape index (κ1) is 44.7. The van der Waals surface area contributed by atoms with Crippen LogP contribution < -0.4 is 20.2 Å². The number of anilines is 2. The first-order chi connectivity index (χ1) is 32.2. The molecule has 4 heterocycles. The van der Waals surface area contributed by atoms with Crippen LogP contribution in [0.1, 0.15) is 49.9 Å². The number of nitrogens with one attached hydrogen (secondary N) is 1. The van der Waals surface area contributed by atoms with E-state index in [1.54, 1.807) is 11.0 Å². The minimum Gasteiger partial charge on any atom is -0.467 e. The molecule has 0 atom stereocenters. The van der Waals surface area contributed by atoms with Crippen LogP contribution in [0, 0.1) is 0 Å². The molecule has 67 heavy (non-hydrogen) atoms. The quantitative estimate of drug-likeness (QED) is 0.149. The van der Waals surface area contributed by atoms with Gasteiger partial charge in [-0.2, -0.15) is 15.0 Å². The van der Waals surface area contributed by atoms with Gasteiger partial charge >= 0.3 is 11.7 Å². The maximum Gasteiger partial charge on any atom is 0.348 e. The zero-order valence-electron chi connectivity index (χ0n) is 37.3. The number of aromatic amines is 1. The second-order valence-corrected chi connectivity index (χ2v) is 18.0. The Balaban J connectivity index is 0.000000168. The lowest BCUT2D eigenvalue weighted by atomic mass is 9.86. The van der Waals surface area contributed by atoms with Crippen molar-refractivity contribution in [3.63, 3.8) is 0 Å². The summed E-state index contributed by atoms with van der Waals surface area (Å²) < 4.78 is 5.33. The van der Waals surface area contributed by atoms with E-state index in [0.717, 1.165) is 44.8 Å². The molecule has 2 amide bonds. The van der Waals surface area contributed by atoms with Gasteiger partial charge in [0.2, 0.25) is 11.8 Å². The van der Waals surface area contributed by atoms with Crippen LogP contribution >= 0.6 is 23.2 Å². The predicted octanol–water partition coefficient (Wildman–Crippen LogP) is 10.7. The second-order valence-electron chi connectivity index (χ2n) is 17.2. The number of hydrogen-bond acceptors (Lipinski definition) is 9. The topological polar surface area (TPSA) is 147 Å². The monoisotopic (exact) mass is 926 g/mol. The molecule has 2 aromatic heterocycles. The lowest BCUT2D eigenvalue weighted by Gasteiger charge is -2.21. The number of nitrogens with zero attached hydrogens (tertiary/aromatic N) is 7. The molecule has 8 aromatic rings. The average Bonchev–Trinajstić information content (AvgIpc) is 3.66. The van der Waals surface area contributed by atoms with E-state index in [1.807, 2.05) is 172 Å². The minimum absolute atomic E-state index is 0.0435. The van der Waals surface area contributed by atoms with Crippen molar-refractivity contribution in [2.45, 2.75) is 51.6 Å². The molecule has 0 spiro atoms. The Morgan fingerprint density at radius 3 is 1.49 bits per heavy atom. The van der Waals surface area contributed by atoms with E-state index in [1.165, 1.54) is 7.11 Å². The number of para-hydroxylation sites is 2. The van der Waals surface area contributed by atoms with Crippen LogP contribution in [0.15, 0.2) is 150 Å². The number of halogens is 2. The Bertz CT molecular complexity index is 3250. The van der Waals surface area contributed by atoms with Crippen molar-refractivity contribution in [2.24, 2.45) is 0 Å². The zero-order chi connectivity index (χ0) is 47.0. The van der Waals surface area contributed by atoms with Crippen molar-refractivity contribution in [3.05, 3.63) is 188 Å². The lowest BCUT2D eigenvalue weighted by Crippen LogP contribution is -2.35. The first-order valence-corrected chi connectivity index (χ1v) is 22.3. The largest absolute Gasteiger partial charge is 0.467 e. The highest BCUT2D eigenvalue weighted by Gasteiger charge is 2.44. The zero-order valence-corrected chi connectivity index (χ0v) is 38.8. The Morgan fingerprint density at radius 1 is 0.522 bits per heavy atom. The van der Waals surface area contributed by atoms with Gasteiger partial charge < -0.3 is 14.5 Å². The van der Waals surface area contributed by atoms with E-state index in [0.29, 0.717) is 57.6 Å². The van der Waals surface area contributed by atoms with Gasteiger partial charge in [0.15, 0.2) is 17.5 Å². The van der Waals surface area contributed by atoms with E-state index in [9.17, 15) is 14.4 Å². The minimum atomic E-state index is -0.589. The van der Waals surface area contributed by atoms with Crippen LogP contribution in [0.25, 0.3) is 45.6 Å². The van der Waals surface area contributed by atoms with E-state index in [2.05, 4.69) is 29.9 Å². The van der Waals surface area contributed by atoms with Crippen molar-refractivity contribution in [1.82, 2.24) is 29.9 Å². The second kappa shape index (κ2) is 18.0. The standard InChI is InChI=1S/C27H23ClN4O2.C26H21ClN4O2/c1-27(2)20-11-7-8-12-22(20)32(25(27)33)16-17-13-14-21(28)19(15-17)24-29-23(30-26(31-24)34-3)18-9-5-4-6-10-18;1-26(2)19-10-6-7-11-21(19)31(24(26)32)15-16-12-13-20(27)18(14-16)23-28-22(29-25(33)30-23)17-8-4-3-5-9-17/h4-15H,16H2,1-3H3;3-14H,15H2,1-2H3,(H,28,29,30,33). The number of carbonyl (C=O) groups is 2. The van der Waals surface area contributed by atoms with E-state index < -0.39 is 16.5 Å². The van der Waals surface area contributed by atoms with Crippen LogP contribution in [0.3, 0.4) is 0 Å². The van der Waals surface area contributed by atoms with Gasteiger partial charge in [-0.15, -0.1) is 0 Å². The molecule has 1 N–H and O–H groups in total. The predicted molar refractivity (Wildman–Crippen MR) is 262 cm³/mol. The Labute approximate surface area is 397 Å². The highest BCUT2D eigenvalue weighted by molar-refractivity contribution is 6.33. The fourth-order valence-corrected chi connectivity index (χ4v) is 8.89. The third-order valence-corrected chi connectivity index (χ3v) is 12.7. The van der Waals surface area contributed by atoms with E-state index >= 15 is 0 Å².